The second kappa shape index (κ2) is 7.62. The Morgan fingerprint density at radius 3 is 2.62 bits per heavy atom. The fraction of sp³-hybridized carbons (Fsp3) is 0. The van der Waals surface area contributed by atoms with E-state index in [1.165, 1.54) is 30.6 Å². The van der Waals surface area contributed by atoms with Crippen molar-refractivity contribution in [2.75, 3.05) is 0 Å². The highest BCUT2D eigenvalue weighted by Crippen LogP contribution is 2.22. The van der Waals surface area contributed by atoms with Crippen LogP contribution in [0.2, 0.25) is 5.15 Å². The summed E-state index contributed by atoms with van der Waals surface area (Å²) in [6.07, 6.45) is 2.83. The van der Waals surface area contributed by atoms with Gasteiger partial charge in [-0.2, -0.15) is 5.10 Å². The molecule has 7 nitrogen and oxygen atoms in total. The molecule has 130 valence electrons. The Morgan fingerprint density at radius 1 is 1.15 bits per heavy atom. The Morgan fingerprint density at radius 2 is 1.92 bits per heavy atom. The molecule has 0 saturated carbocycles. The van der Waals surface area contributed by atoms with Crippen LogP contribution >= 0.6 is 11.6 Å². The van der Waals surface area contributed by atoms with Gasteiger partial charge in [-0.25, -0.2) is 15.2 Å². The van der Waals surface area contributed by atoms with E-state index < -0.39 is 11.9 Å². The second-order valence-electron chi connectivity index (χ2n) is 5.13. The first kappa shape index (κ1) is 17.4. The monoisotopic (exact) mass is 369 g/mol. The fourth-order valence-corrected chi connectivity index (χ4v) is 2.33. The Kier molecular flexibility index (Phi) is 5.09. The summed E-state index contributed by atoms with van der Waals surface area (Å²) in [5, 5.41) is 12.8. The summed E-state index contributed by atoms with van der Waals surface area (Å²) >= 11 is 5.84. The summed E-state index contributed by atoms with van der Waals surface area (Å²) in [5.41, 5.74) is 3.47. The van der Waals surface area contributed by atoms with Crippen molar-refractivity contribution in [3.8, 4) is 11.3 Å². The van der Waals surface area contributed by atoms with Crippen LogP contribution in [0.25, 0.3) is 11.3 Å². The molecule has 0 aliphatic heterocycles. The lowest BCUT2D eigenvalue weighted by molar-refractivity contribution is 0.0696. The van der Waals surface area contributed by atoms with Gasteiger partial charge in [0.2, 0.25) is 0 Å². The molecule has 0 radical (unpaired) electrons. The molecule has 2 heterocycles. The van der Waals surface area contributed by atoms with Gasteiger partial charge in [0.1, 0.15) is 16.7 Å². The standard InChI is InChI=1S/C18H12ClN3O4/c19-16-14(2-1-9-20-16)17(23)22-21-10-13-7-8-15(26-13)11-3-5-12(6-4-11)18(24)25/h1-10H,(H,22,23)(H,24,25). The van der Waals surface area contributed by atoms with E-state index in [9.17, 15) is 9.59 Å². The number of hydrazone groups is 1. The molecule has 0 spiro atoms. The minimum absolute atomic E-state index is 0.0882. The lowest BCUT2D eigenvalue weighted by atomic mass is 10.1. The van der Waals surface area contributed by atoms with Crippen LogP contribution in [-0.2, 0) is 0 Å². The number of aromatic carboxylic acids is 1. The number of carbonyl (C=O) groups excluding carboxylic acids is 1. The van der Waals surface area contributed by atoms with Gasteiger partial charge in [0.05, 0.1) is 17.3 Å². The molecule has 1 aromatic carbocycles. The third kappa shape index (κ3) is 3.96. The number of carboxylic acids is 1. The van der Waals surface area contributed by atoms with E-state index in [1.54, 1.807) is 30.3 Å². The van der Waals surface area contributed by atoms with Crippen molar-refractivity contribution in [2.45, 2.75) is 0 Å². The van der Waals surface area contributed by atoms with Gasteiger partial charge in [0.25, 0.3) is 5.91 Å². The Hall–Kier alpha value is -3.45. The Balaban J connectivity index is 1.66. The third-order valence-electron chi connectivity index (χ3n) is 3.40. The van der Waals surface area contributed by atoms with Gasteiger partial charge in [-0.3, -0.25) is 4.79 Å². The quantitative estimate of drug-likeness (QED) is 0.407. The van der Waals surface area contributed by atoms with Crippen LogP contribution in [0.4, 0.5) is 0 Å². The number of furan rings is 1. The first-order valence-electron chi connectivity index (χ1n) is 7.42. The molecule has 3 aromatic rings. The number of aromatic nitrogens is 1. The number of hydrogen-bond acceptors (Lipinski definition) is 5. The van der Waals surface area contributed by atoms with Crippen LogP contribution in [0.15, 0.2) is 64.2 Å². The number of rotatable bonds is 5. The number of nitrogens with one attached hydrogen (secondary N) is 1. The molecule has 2 aromatic heterocycles. The van der Waals surface area contributed by atoms with Crippen LogP contribution < -0.4 is 5.43 Å². The van der Waals surface area contributed by atoms with E-state index in [1.807, 2.05) is 0 Å². The molecular formula is C18H12ClN3O4. The lowest BCUT2D eigenvalue weighted by Gasteiger charge is -2.00. The fourth-order valence-electron chi connectivity index (χ4n) is 2.12. The van der Waals surface area contributed by atoms with Gasteiger partial charge in [0, 0.05) is 11.8 Å². The minimum Gasteiger partial charge on any atom is -0.478 e. The highest BCUT2D eigenvalue weighted by Gasteiger charge is 2.10. The zero-order valence-electron chi connectivity index (χ0n) is 13.2. The lowest BCUT2D eigenvalue weighted by Crippen LogP contribution is -2.18. The van der Waals surface area contributed by atoms with Crippen molar-refractivity contribution in [1.82, 2.24) is 10.4 Å². The van der Waals surface area contributed by atoms with Crippen molar-refractivity contribution in [2.24, 2.45) is 5.10 Å². The largest absolute Gasteiger partial charge is 0.478 e. The number of halogens is 1. The van der Waals surface area contributed by atoms with Crippen LogP contribution in [-0.4, -0.2) is 28.2 Å². The number of hydrogen-bond donors (Lipinski definition) is 2. The SMILES string of the molecule is O=C(O)c1ccc(-c2ccc(C=NNC(=O)c3cccnc3Cl)o2)cc1. The molecule has 0 fully saturated rings. The van der Waals surface area contributed by atoms with Crippen molar-refractivity contribution in [3.05, 3.63) is 76.8 Å². The van der Waals surface area contributed by atoms with E-state index in [0.29, 0.717) is 11.5 Å². The predicted octanol–water partition coefficient (Wildman–Crippen LogP) is 3.46. The van der Waals surface area contributed by atoms with Gasteiger partial charge < -0.3 is 9.52 Å². The Labute approximate surface area is 152 Å². The van der Waals surface area contributed by atoms with Crippen LogP contribution in [0.3, 0.4) is 0 Å². The highest BCUT2D eigenvalue weighted by molar-refractivity contribution is 6.32. The molecule has 1 amide bonds. The summed E-state index contributed by atoms with van der Waals surface area (Å²) in [5.74, 6) is -0.520. The molecule has 0 aliphatic carbocycles. The maximum absolute atomic E-state index is 11.9. The van der Waals surface area contributed by atoms with Gasteiger partial charge >= 0.3 is 5.97 Å². The normalized spacial score (nSPS) is 10.8. The predicted molar refractivity (Wildman–Crippen MR) is 95.4 cm³/mol. The van der Waals surface area contributed by atoms with E-state index >= 15 is 0 Å². The summed E-state index contributed by atoms with van der Waals surface area (Å²) in [6, 6.07) is 12.8. The maximum Gasteiger partial charge on any atom is 0.335 e. The molecule has 0 unspecified atom stereocenters. The van der Waals surface area contributed by atoms with Crippen LogP contribution in [0.5, 0.6) is 0 Å². The second-order valence-corrected chi connectivity index (χ2v) is 5.48. The van der Waals surface area contributed by atoms with Gasteiger partial charge in [0.15, 0.2) is 0 Å². The summed E-state index contributed by atoms with van der Waals surface area (Å²) in [4.78, 5) is 26.6. The number of pyridine rings is 1. The molecule has 0 saturated heterocycles. The van der Waals surface area contributed by atoms with Gasteiger partial charge in [-0.1, -0.05) is 23.7 Å². The van der Waals surface area contributed by atoms with Crippen LogP contribution in [0.1, 0.15) is 26.5 Å². The molecule has 3 rings (SSSR count). The van der Waals surface area contributed by atoms with Crippen LogP contribution in [0, 0.1) is 0 Å². The van der Waals surface area contributed by atoms with Crippen molar-refractivity contribution in [1.29, 1.82) is 0 Å². The summed E-state index contributed by atoms with van der Waals surface area (Å²) in [7, 11) is 0. The third-order valence-corrected chi connectivity index (χ3v) is 3.71. The molecule has 0 aliphatic rings. The van der Waals surface area contributed by atoms with Crippen molar-refractivity contribution >= 4 is 29.7 Å². The van der Waals surface area contributed by atoms with E-state index in [2.05, 4.69) is 15.5 Å². The van der Waals surface area contributed by atoms with Gasteiger partial charge in [-0.15, -0.1) is 0 Å². The molecule has 0 bridgehead atoms. The number of carboxylic acid groups (broad SMARTS) is 1. The molecule has 2 N–H and O–H groups in total. The number of carbonyl (C=O) groups is 2. The summed E-state index contributed by atoms with van der Waals surface area (Å²) < 4.78 is 5.59. The average molecular weight is 370 g/mol. The first-order chi connectivity index (χ1) is 12.5. The minimum atomic E-state index is -0.992. The van der Waals surface area contributed by atoms with E-state index in [0.717, 1.165) is 5.56 Å². The van der Waals surface area contributed by atoms with Gasteiger partial charge in [-0.05, 0) is 36.4 Å². The maximum atomic E-state index is 11.9. The van der Waals surface area contributed by atoms with E-state index in [-0.39, 0.29) is 16.3 Å². The summed E-state index contributed by atoms with van der Waals surface area (Å²) in [6.45, 7) is 0. The molecule has 0 atom stereocenters. The highest BCUT2D eigenvalue weighted by atomic mass is 35.5. The zero-order valence-corrected chi connectivity index (χ0v) is 14.0. The molecule has 8 heteroatoms. The number of nitrogens with zero attached hydrogens (tertiary/aromatic N) is 2. The number of amides is 1. The molecule has 26 heavy (non-hydrogen) atoms. The average Bonchev–Trinajstić information content (AvgIpc) is 3.11. The zero-order chi connectivity index (χ0) is 18.5. The Bertz CT molecular complexity index is 980. The first-order valence-corrected chi connectivity index (χ1v) is 7.80. The number of benzene rings is 1. The van der Waals surface area contributed by atoms with Crippen molar-refractivity contribution < 1.29 is 19.1 Å². The van der Waals surface area contributed by atoms with Crippen molar-refractivity contribution in [3.63, 3.8) is 0 Å². The molecular weight excluding hydrogens is 358 g/mol. The smallest absolute Gasteiger partial charge is 0.335 e. The van der Waals surface area contributed by atoms with E-state index in [4.69, 9.17) is 21.1 Å². The topological polar surface area (TPSA) is 105 Å².